The summed E-state index contributed by atoms with van der Waals surface area (Å²) in [5, 5.41) is 5.02. The molecule has 23 heavy (non-hydrogen) atoms. The molecule has 1 unspecified atom stereocenters. The lowest BCUT2D eigenvalue weighted by Gasteiger charge is -2.20. The van der Waals surface area contributed by atoms with Crippen molar-refractivity contribution in [3.05, 3.63) is 52.2 Å². The fraction of sp³-hybridized carbons (Fsp3) is 0.333. The molecule has 1 fully saturated rings. The molecule has 0 aliphatic carbocycles. The van der Waals surface area contributed by atoms with Crippen LogP contribution in [0.1, 0.15) is 41.0 Å². The van der Waals surface area contributed by atoms with Gasteiger partial charge in [0.05, 0.1) is 11.4 Å². The van der Waals surface area contributed by atoms with Crippen molar-refractivity contribution in [2.24, 2.45) is 0 Å². The highest BCUT2D eigenvalue weighted by Crippen LogP contribution is 2.23. The van der Waals surface area contributed by atoms with Gasteiger partial charge in [-0.1, -0.05) is 18.2 Å². The topological polar surface area (TPSA) is 50.6 Å². The number of ketones is 1. The Morgan fingerprint density at radius 2 is 2.17 bits per heavy atom. The van der Waals surface area contributed by atoms with Crippen molar-refractivity contribution in [2.75, 3.05) is 18.4 Å². The van der Waals surface area contributed by atoms with E-state index in [0.717, 1.165) is 19.4 Å². The minimum Gasteiger partial charge on any atom is -0.321 e. The number of quaternary nitrogens is 1. The van der Waals surface area contributed by atoms with Gasteiger partial charge >= 0.3 is 0 Å². The van der Waals surface area contributed by atoms with E-state index < -0.39 is 0 Å². The van der Waals surface area contributed by atoms with Crippen LogP contribution in [0, 0.1) is 0 Å². The Hall–Kier alpha value is -1.98. The molecular formula is C18H21N2O2S+. The van der Waals surface area contributed by atoms with Crippen molar-refractivity contribution in [2.45, 2.75) is 25.8 Å². The summed E-state index contributed by atoms with van der Waals surface area (Å²) in [7, 11) is 0. The normalized spacial score (nSPS) is 20.4. The van der Waals surface area contributed by atoms with Gasteiger partial charge in [0.25, 0.3) is 5.91 Å². The van der Waals surface area contributed by atoms with E-state index in [1.54, 1.807) is 29.5 Å². The number of rotatable bonds is 5. The number of nitrogens with one attached hydrogen (secondary N) is 2. The highest BCUT2D eigenvalue weighted by atomic mass is 32.1. The van der Waals surface area contributed by atoms with E-state index >= 15 is 0 Å². The molecule has 120 valence electrons. The Kier molecular flexibility index (Phi) is 4.88. The zero-order chi connectivity index (χ0) is 16.2. The molecule has 0 bridgehead atoms. The van der Waals surface area contributed by atoms with E-state index in [9.17, 15) is 9.59 Å². The second kappa shape index (κ2) is 7.06. The van der Waals surface area contributed by atoms with Crippen LogP contribution >= 0.6 is 11.3 Å². The van der Waals surface area contributed by atoms with E-state index in [-0.39, 0.29) is 11.7 Å². The maximum Gasteiger partial charge on any atom is 0.279 e. The first-order valence-electron chi connectivity index (χ1n) is 7.92. The first kappa shape index (κ1) is 15.9. The number of carbonyl (C=O) groups excluding carboxylic acids is 2. The number of hydrogen-bond acceptors (Lipinski definition) is 3. The average molecular weight is 329 g/mol. The van der Waals surface area contributed by atoms with Gasteiger partial charge < -0.3 is 10.2 Å². The van der Waals surface area contributed by atoms with Crippen molar-refractivity contribution in [1.29, 1.82) is 0 Å². The fourth-order valence-corrected chi connectivity index (χ4v) is 4.10. The molecule has 2 heterocycles. The van der Waals surface area contributed by atoms with Crippen molar-refractivity contribution in [1.82, 2.24) is 0 Å². The quantitative estimate of drug-likeness (QED) is 0.827. The summed E-state index contributed by atoms with van der Waals surface area (Å²) < 4.78 is 0. The smallest absolute Gasteiger partial charge is 0.279 e. The summed E-state index contributed by atoms with van der Waals surface area (Å²) in [4.78, 5) is 26.5. The summed E-state index contributed by atoms with van der Waals surface area (Å²) in [5.41, 5.74) is 1.31. The SMILES string of the molecule is CC(=O)c1cccc(NC(=O)C[NH+]2CCC[C@@H]2c2cccs2)c1. The van der Waals surface area contributed by atoms with E-state index in [1.165, 1.54) is 16.7 Å². The molecule has 1 amide bonds. The van der Waals surface area contributed by atoms with E-state index in [4.69, 9.17) is 0 Å². The Bertz CT molecular complexity index is 697. The van der Waals surface area contributed by atoms with Crippen LogP contribution in [-0.4, -0.2) is 24.8 Å². The summed E-state index contributed by atoms with van der Waals surface area (Å²) in [6.07, 6.45) is 2.30. The number of hydrogen-bond donors (Lipinski definition) is 2. The predicted octanol–water partition coefficient (Wildman–Crippen LogP) is 2.31. The van der Waals surface area contributed by atoms with Gasteiger partial charge in [-0.25, -0.2) is 0 Å². The molecule has 2 N–H and O–H groups in total. The molecular weight excluding hydrogens is 308 g/mol. The molecule has 4 nitrogen and oxygen atoms in total. The lowest BCUT2D eigenvalue weighted by Crippen LogP contribution is -3.11. The third kappa shape index (κ3) is 3.86. The molecule has 2 atom stereocenters. The fourth-order valence-electron chi connectivity index (χ4n) is 3.18. The third-order valence-corrected chi connectivity index (χ3v) is 5.30. The number of Topliss-reactive ketones (excluding diaryl/α,β-unsaturated/α-hetero) is 1. The van der Waals surface area contributed by atoms with Crippen LogP contribution in [0.15, 0.2) is 41.8 Å². The summed E-state index contributed by atoms with van der Waals surface area (Å²) in [5.74, 6) is 0.00758. The van der Waals surface area contributed by atoms with Gasteiger partial charge in [0.15, 0.2) is 12.3 Å². The molecule has 1 aromatic heterocycles. The van der Waals surface area contributed by atoms with Gasteiger partial charge in [-0.2, -0.15) is 0 Å². The van der Waals surface area contributed by atoms with E-state index in [0.29, 0.717) is 23.8 Å². The molecule has 5 heteroatoms. The highest BCUT2D eigenvalue weighted by molar-refractivity contribution is 7.10. The van der Waals surface area contributed by atoms with Crippen LogP contribution in [0.5, 0.6) is 0 Å². The van der Waals surface area contributed by atoms with Crippen molar-refractivity contribution in [3.63, 3.8) is 0 Å². The average Bonchev–Trinajstić information content (AvgIpc) is 3.18. The van der Waals surface area contributed by atoms with Crippen molar-refractivity contribution >= 4 is 28.7 Å². The highest BCUT2D eigenvalue weighted by Gasteiger charge is 2.32. The third-order valence-electron chi connectivity index (χ3n) is 4.31. The Morgan fingerprint density at radius 3 is 2.91 bits per heavy atom. The number of likely N-dealkylation sites (tertiary alicyclic amines) is 1. The lowest BCUT2D eigenvalue weighted by atomic mass is 10.1. The minimum atomic E-state index is 0.00373. The summed E-state index contributed by atoms with van der Waals surface area (Å²) >= 11 is 1.77. The summed E-state index contributed by atoms with van der Waals surface area (Å²) in [6.45, 7) is 3.03. The van der Waals surface area contributed by atoms with Crippen LogP contribution in [0.25, 0.3) is 0 Å². The van der Waals surface area contributed by atoms with Gasteiger partial charge in [-0.05, 0) is 30.5 Å². The zero-order valence-electron chi connectivity index (χ0n) is 13.2. The first-order valence-corrected chi connectivity index (χ1v) is 8.80. The van der Waals surface area contributed by atoms with Gasteiger partial charge in [-0.3, -0.25) is 9.59 Å². The zero-order valence-corrected chi connectivity index (χ0v) is 14.0. The number of benzene rings is 1. The molecule has 1 aromatic carbocycles. The monoisotopic (exact) mass is 329 g/mol. The molecule has 2 aromatic rings. The molecule has 0 spiro atoms. The molecule has 1 aliphatic rings. The Labute approximate surface area is 140 Å². The van der Waals surface area contributed by atoms with Gasteiger partial charge in [0.2, 0.25) is 0 Å². The van der Waals surface area contributed by atoms with Gasteiger partial charge in [-0.15, -0.1) is 11.3 Å². The van der Waals surface area contributed by atoms with Crippen molar-refractivity contribution < 1.29 is 14.5 Å². The van der Waals surface area contributed by atoms with Gasteiger partial charge in [0.1, 0.15) is 6.04 Å². The maximum atomic E-state index is 12.4. The second-order valence-corrected chi connectivity index (χ2v) is 6.96. The predicted molar refractivity (Wildman–Crippen MR) is 92.1 cm³/mol. The van der Waals surface area contributed by atoms with Gasteiger partial charge in [0, 0.05) is 24.1 Å². The van der Waals surface area contributed by atoms with Crippen LogP contribution < -0.4 is 10.2 Å². The number of carbonyl (C=O) groups is 2. The maximum absolute atomic E-state index is 12.4. The van der Waals surface area contributed by atoms with Crippen LogP contribution in [-0.2, 0) is 4.79 Å². The molecule has 3 rings (SSSR count). The standard InChI is InChI=1S/C18H20N2O2S/c1-13(21)14-5-2-6-15(11-14)19-18(22)12-20-9-3-7-16(20)17-8-4-10-23-17/h2,4-6,8,10-11,16H,3,7,9,12H2,1H3,(H,19,22)/p+1/t16-/m1/s1. The number of amides is 1. The van der Waals surface area contributed by atoms with E-state index in [1.807, 2.05) is 6.07 Å². The van der Waals surface area contributed by atoms with Crippen LogP contribution in [0.3, 0.4) is 0 Å². The number of thiophene rings is 1. The van der Waals surface area contributed by atoms with Crippen molar-refractivity contribution in [3.8, 4) is 0 Å². The second-order valence-electron chi connectivity index (χ2n) is 5.98. The molecule has 0 saturated carbocycles. The van der Waals surface area contributed by atoms with E-state index in [2.05, 4.69) is 22.8 Å². The molecule has 1 saturated heterocycles. The number of anilines is 1. The Morgan fingerprint density at radius 1 is 1.30 bits per heavy atom. The molecule has 1 aliphatic heterocycles. The molecule has 0 radical (unpaired) electrons. The van der Waals surface area contributed by atoms with Crippen LogP contribution in [0.4, 0.5) is 5.69 Å². The first-order chi connectivity index (χ1) is 11.1. The minimum absolute atomic E-state index is 0.00373. The Balaban J connectivity index is 1.63. The lowest BCUT2D eigenvalue weighted by molar-refractivity contribution is -0.910. The van der Waals surface area contributed by atoms with Crippen LogP contribution in [0.2, 0.25) is 0 Å². The largest absolute Gasteiger partial charge is 0.321 e. The summed E-state index contributed by atoms with van der Waals surface area (Å²) in [6, 6.07) is 11.8.